The van der Waals surface area contributed by atoms with E-state index in [0.29, 0.717) is 0 Å². The maximum absolute atomic E-state index is 3.95. The Morgan fingerprint density at radius 1 is 0.434 bits per heavy atom. The Kier molecular flexibility index (Phi) is 10.9. The molecule has 2 atom stereocenters. The number of nitrogens with one attached hydrogen (secondary N) is 1. The number of anilines is 1. The minimum atomic E-state index is 0.0246. The Bertz CT molecular complexity index is 2330. The molecule has 7 aromatic rings. The third-order valence-corrected chi connectivity index (χ3v) is 10.2. The van der Waals surface area contributed by atoms with Crippen LogP contribution in [0.2, 0.25) is 0 Å². The van der Waals surface area contributed by atoms with Crippen molar-refractivity contribution in [3.63, 3.8) is 0 Å². The third kappa shape index (κ3) is 7.71. The first kappa shape index (κ1) is 35.2. The first-order valence-corrected chi connectivity index (χ1v) is 18.9. The van der Waals surface area contributed by atoms with Crippen LogP contribution in [0.1, 0.15) is 42.0 Å². The number of hydrogen-bond donors (Lipinski definition) is 1. The van der Waals surface area contributed by atoms with Crippen molar-refractivity contribution in [1.29, 1.82) is 0 Å². The smallest absolute Gasteiger partial charge is 0.0551 e. The van der Waals surface area contributed by atoms with Gasteiger partial charge in [-0.3, -0.25) is 0 Å². The number of benzene rings is 7. The minimum absolute atomic E-state index is 0.0246. The fourth-order valence-electron chi connectivity index (χ4n) is 7.50. The number of allylic oxidation sites excluding steroid dienone is 2. The van der Waals surface area contributed by atoms with Crippen molar-refractivity contribution in [3.8, 4) is 44.5 Å². The van der Waals surface area contributed by atoms with E-state index in [4.69, 9.17) is 0 Å². The van der Waals surface area contributed by atoms with E-state index in [0.717, 1.165) is 5.69 Å². The standard InChI is InChI=1S/C50H41N.C2H6/c1-35-15-12-13-23-44(35)50-36(2)16-14-24-46(50)45-31-27-41(38-19-8-4-9-20-38)33-47(45)48-34-42(39-21-10-5-11-22-39)28-32-49(48)51-43-29-25-40(26-30-43)37-17-6-3-7-18-37;1-2/h3-34,48-49,51H,1-2H3;1-2H3. The van der Waals surface area contributed by atoms with E-state index in [-0.39, 0.29) is 12.0 Å². The summed E-state index contributed by atoms with van der Waals surface area (Å²) in [6, 6.07) is 63.6. The summed E-state index contributed by atoms with van der Waals surface area (Å²) in [5.41, 5.74) is 17.4. The highest BCUT2D eigenvalue weighted by Crippen LogP contribution is 2.44. The van der Waals surface area contributed by atoms with E-state index in [1.807, 2.05) is 13.8 Å². The summed E-state index contributed by atoms with van der Waals surface area (Å²) < 4.78 is 0. The van der Waals surface area contributed by atoms with Crippen LogP contribution in [-0.2, 0) is 0 Å². The fraction of sp³-hybridized carbons (Fsp3) is 0.115. The lowest BCUT2D eigenvalue weighted by Crippen LogP contribution is -2.27. The predicted molar refractivity (Wildman–Crippen MR) is 229 cm³/mol. The topological polar surface area (TPSA) is 12.0 Å². The number of rotatable bonds is 8. The summed E-state index contributed by atoms with van der Waals surface area (Å²) in [4.78, 5) is 0. The lowest BCUT2D eigenvalue weighted by atomic mass is 9.78. The molecule has 0 saturated heterocycles. The van der Waals surface area contributed by atoms with Crippen molar-refractivity contribution in [1.82, 2.24) is 0 Å². The van der Waals surface area contributed by atoms with E-state index < -0.39 is 0 Å². The molecule has 0 fully saturated rings. The van der Waals surface area contributed by atoms with Gasteiger partial charge in [0.2, 0.25) is 0 Å². The molecular weight excluding hydrogens is 639 g/mol. The molecule has 53 heavy (non-hydrogen) atoms. The highest BCUT2D eigenvalue weighted by Gasteiger charge is 2.27. The maximum Gasteiger partial charge on any atom is 0.0551 e. The molecule has 0 bridgehead atoms. The Morgan fingerprint density at radius 3 is 1.62 bits per heavy atom. The second kappa shape index (κ2) is 16.4. The van der Waals surface area contributed by atoms with E-state index in [1.165, 1.54) is 72.3 Å². The monoisotopic (exact) mass is 685 g/mol. The van der Waals surface area contributed by atoms with Crippen LogP contribution < -0.4 is 5.32 Å². The molecule has 1 N–H and O–H groups in total. The Balaban J connectivity index is 0.00000214. The second-order valence-corrected chi connectivity index (χ2v) is 13.5. The summed E-state index contributed by atoms with van der Waals surface area (Å²) >= 11 is 0. The zero-order valence-electron chi connectivity index (χ0n) is 31.1. The van der Waals surface area contributed by atoms with Crippen LogP contribution in [0.25, 0.3) is 50.1 Å². The Morgan fingerprint density at radius 2 is 0.962 bits per heavy atom. The highest BCUT2D eigenvalue weighted by atomic mass is 14.9. The summed E-state index contributed by atoms with van der Waals surface area (Å²) in [7, 11) is 0. The molecule has 8 rings (SSSR count). The second-order valence-electron chi connectivity index (χ2n) is 13.5. The minimum Gasteiger partial charge on any atom is -0.378 e. The van der Waals surface area contributed by atoms with Gasteiger partial charge in [-0.15, -0.1) is 0 Å². The molecule has 260 valence electrons. The van der Waals surface area contributed by atoms with Crippen LogP contribution in [-0.4, -0.2) is 6.04 Å². The Hall–Kier alpha value is -6.18. The van der Waals surface area contributed by atoms with Gasteiger partial charge in [-0.1, -0.05) is 190 Å². The fourth-order valence-corrected chi connectivity index (χ4v) is 7.50. The van der Waals surface area contributed by atoms with Gasteiger partial charge in [0.25, 0.3) is 0 Å². The molecule has 0 aliphatic heterocycles. The van der Waals surface area contributed by atoms with Gasteiger partial charge in [0.05, 0.1) is 6.04 Å². The lowest BCUT2D eigenvalue weighted by molar-refractivity contribution is 0.760. The van der Waals surface area contributed by atoms with Crippen LogP contribution in [0.5, 0.6) is 0 Å². The molecule has 0 saturated carbocycles. The summed E-state index contributed by atoms with van der Waals surface area (Å²) in [6.07, 6.45) is 7.12. The van der Waals surface area contributed by atoms with Crippen LogP contribution in [0.3, 0.4) is 0 Å². The Labute approximate surface area is 316 Å². The molecule has 0 heterocycles. The largest absolute Gasteiger partial charge is 0.378 e. The maximum atomic E-state index is 3.95. The van der Waals surface area contributed by atoms with Gasteiger partial charge >= 0.3 is 0 Å². The van der Waals surface area contributed by atoms with Gasteiger partial charge in [0, 0.05) is 11.6 Å². The SMILES string of the molecule is CC.Cc1ccccc1-c1c(C)cccc1-c1ccc(-c2ccccc2)cc1C1C=C(c2ccccc2)C=CC1Nc1ccc(-c2ccccc2)cc1. The zero-order valence-corrected chi connectivity index (χ0v) is 31.1. The molecule has 1 nitrogen and oxygen atoms in total. The zero-order chi connectivity index (χ0) is 36.6. The van der Waals surface area contributed by atoms with Crippen molar-refractivity contribution < 1.29 is 0 Å². The molecule has 0 amide bonds. The van der Waals surface area contributed by atoms with Gasteiger partial charge in [-0.05, 0) is 104 Å². The molecule has 7 aromatic carbocycles. The molecule has 2 unspecified atom stereocenters. The molecule has 1 aliphatic carbocycles. The van der Waals surface area contributed by atoms with Crippen molar-refractivity contribution >= 4 is 11.3 Å². The van der Waals surface area contributed by atoms with E-state index in [2.05, 4.69) is 213 Å². The van der Waals surface area contributed by atoms with Gasteiger partial charge in [0.15, 0.2) is 0 Å². The van der Waals surface area contributed by atoms with Gasteiger partial charge in [0.1, 0.15) is 0 Å². The van der Waals surface area contributed by atoms with Crippen molar-refractivity contribution in [2.75, 3.05) is 5.32 Å². The van der Waals surface area contributed by atoms with Gasteiger partial charge < -0.3 is 5.32 Å². The lowest BCUT2D eigenvalue weighted by Gasteiger charge is -2.31. The van der Waals surface area contributed by atoms with E-state index >= 15 is 0 Å². The van der Waals surface area contributed by atoms with E-state index in [1.54, 1.807) is 0 Å². The van der Waals surface area contributed by atoms with Crippen LogP contribution in [0.15, 0.2) is 194 Å². The molecule has 0 spiro atoms. The highest BCUT2D eigenvalue weighted by molar-refractivity contribution is 5.90. The quantitative estimate of drug-likeness (QED) is 0.168. The third-order valence-electron chi connectivity index (χ3n) is 10.2. The van der Waals surface area contributed by atoms with Crippen LogP contribution >= 0.6 is 0 Å². The molecule has 1 aliphatic rings. The van der Waals surface area contributed by atoms with Crippen LogP contribution in [0.4, 0.5) is 5.69 Å². The molecular formula is C52H47N. The average Bonchev–Trinajstić information content (AvgIpc) is 3.23. The van der Waals surface area contributed by atoms with Crippen molar-refractivity contribution in [2.24, 2.45) is 0 Å². The number of hydrogen-bond acceptors (Lipinski definition) is 1. The van der Waals surface area contributed by atoms with Crippen LogP contribution in [0, 0.1) is 13.8 Å². The molecule has 0 aromatic heterocycles. The summed E-state index contributed by atoms with van der Waals surface area (Å²) in [5.74, 6) is 0.0444. The average molecular weight is 686 g/mol. The predicted octanol–water partition coefficient (Wildman–Crippen LogP) is 14.2. The summed E-state index contributed by atoms with van der Waals surface area (Å²) in [6.45, 7) is 8.46. The normalized spacial score (nSPS) is 14.8. The first-order chi connectivity index (χ1) is 26.1. The number of aryl methyl sites for hydroxylation is 2. The molecule has 0 radical (unpaired) electrons. The van der Waals surface area contributed by atoms with Crippen molar-refractivity contribution in [3.05, 3.63) is 216 Å². The van der Waals surface area contributed by atoms with Crippen molar-refractivity contribution in [2.45, 2.75) is 39.7 Å². The first-order valence-electron chi connectivity index (χ1n) is 18.9. The molecule has 1 heteroatoms. The van der Waals surface area contributed by atoms with Gasteiger partial charge in [-0.2, -0.15) is 0 Å². The van der Waals surface area contributed by atoms with Gasteiger partial charge in [-0.25, -0.2) is 0 Å². The summed E-state index contributed by atoms with van der Waals surface area (Å²) in [5, 5.41) is 3.95. The van der Waals surface area contributed by atoms with E-state index in [9.17, 15) is 0 Å².